The van der Waals surface area contributed by atoms with Crippen LogP contribution in [0.3, 0.4) is 0 Å². The summed E-state index contributed by atoms with van der Waals surface area (Å²) < 4.78 is 5.81. The first-order valence-electron chi connectivity index (χ1n) is 7.09. The second-order valence-electron chi connectivity index (χ2n) is 5.73. The van der Waals surface area contributed by atoms with Gasteiger partial charge in [0.2, 0.25) is 5.78 Å². The fourth-order valence-corrected chi connectivity index (χ4v) is 3.32. The second kappa shape index (κ2) is 5.59. The zero-order valence-corrected chi connectivity index (χ0v) is 13.6. The molecule has 0 spiro atoms. The van der Waals surface area contributed by atoms with E-state index in [1.165, 1.54) is 0 Å². The average Bonchev–Trinajstić information content (AvgIpc) is 2.99. The number of rotatable bonds is 3. The number of aromatic hydroxyl groups is 1. The summed E-state index contributed by atoms with van der Waals surface area (Å²) in [5.41, 5.74) is 2.32. The van der Waals surface area contributed by atoms with Gasteiger partial charge in [-0.2, -0.15) is 0 Å². The number of carbonyl (C=O) groups excluding carboxylic acids is 1. The molecule has 0 bridgehead atoms. The highest BCUT2D eigenvalue weighted by atomic mass is 32.1. The molecule has 4 nitrogen and oxygen atoms in total. The Labute approximate surface area is 133 Å². The number of ether oxygens (including phenoxy) is 1. The summed E-state index contributed by atoms with van der Waals surface area (Å²) in [6, 6.07) is 5.21. The number of benzene rings is 1. The molecule has 0 atom stereocenters. The number of thiophene rings is 1. The molecule has 0 fully saturated rings. The zero-order valence-electron chi connectivity index (χ0n) is 12.8. The maximum absolute atomic E-state index is 12.5. The van der Waals surface area contributed by atoms with E-state index in [-0.39, 0.29) is 11.5 Å². The van der Waals surface area contributed by atoms with E-state index in [4.69, 9.17) is 4.74 Å². The van der Waals surface area contributed by atoms with Crippen LogP contribution in [0.1, 0.15) is 26.4 Å². The Hall–Kier alpha value is -2.11. The van der Waals surface area contributed by atoms with Crippen molar-refractivity contribution in [1.82, 2.24) is 0 Å². The van der Waals surface area contributed by atoms with Crippen molar-refractivity contribution in [1.29, 1.82) is 0 Å². The van der Waals surface area contributed by atoms with Gasteiger partial charge in [0.25, 0.3) is 0 Å². The lowest BCUT2D eigenvalue weighted by molar-refractivity contribution is -0.872. The highest BCUT2D eigenvalue weighted by molar-refractivity contribution is 7.11. The van der Waals surface area contributed by atoms with E-state index in [1.54, 1.807) is 29.5 Å². The van der Waals surface area contributed by atoms with Crippen LogP contribution in [0.25, 0.3) is 6.08 Å². The Morgan fingerprint density at radius 1 is 1.32 bits per heavy atom. The molecule has 0 aliphatic carbocycles. The van der Waals surface area contributed by atoms with E-state index in [1.807, 2.05) is 32.5 Å². The number of hydrogen-bond donors (Lipinski definition) is 2. The van der Waals surface area contributed by atoms with Crippen molar-refractivity contribution < 1.29 is 19.5 Å². The van der Waals surface area contributed by atoms with Crippen molar-refractivity contribution in [2.75, 3.05) is 14.1 Å². The lowest BCUT2D eigenvalue weighted by atomic mass is 10.0. The van der Waals surface area contributed by atoms with E-state index < -0.39 is 0 Å². The number of phenols is 1. The molecule has 0 amide bonds. The van der Waals surface area contributed by atoms with Crippen LogP contribution >= 0.6 is 11.3 Å². The molecule has 22 heavy (non-hydrogen) atoms. The third-order valence-corrected chi connectivity index (χ3v) is 4.58. The molecule has 3 rings (SSSR count). The van der Waals surface area contributed by atoms with E-state index in [0.717, 1.165) is 15.3 Å². The fraction of sp³-hybridized carbons (Fsp3) is 0.235. The Morgan fingerprint density at radius 3 is 2.73 bits per heavy atom. The molecule has 114 valence electrons. The van der Waals surface area contributed by atoms with Gasteiger partial charge >= 0.3 is 0 Å². The molecule has 1 aliphatic heterocycles. The molecular formula is C17H18NO3S+. The zero-order chi connectivity index (χ0) is 15.9. The largest absolute Gasteiger partial charge is 0.507 e. The summed E-state index contributed by atoms with van der Waals surface area (Å²) in [4.78, 5) is 14.7. The van der Waals surface area contributed by atoms with Crippen LogP contribution in [0.4, 0.5) is 0 Å². The van der Waals surface area contributed by atoms with Crippen LogP contribution in [0.15, 0.2) is 29.3 Å². The Balaban J connectivity index is 2.04. The lowest BCUT2D eigenvalue weighted by Gasteiger charge is -2.11. The highest BCUT2D eigenvalue weighted by Gasteiger charge is 2.32. The first kappa shape index (κ1) is 14.8. The topological polar surface area (TPSA) is 51.0 Å². The van der Waals surface area contributed by atoms with Gasteiger partial charge in [-0.3, -0.25) is 4.79 Å². The van der Waals surface area contributed by atoms with Gasteiger partial charge in [-0.1, -0.05) is 0 Å². The summed E-state index contributed by atoms with van der Waals surface area (Å²) >= 11 is 1.57. The van der Waals surface area contributed by atoms with Gasteiger partial charge in [0.05, 0.1) is 25.2 Å². The Morgan fingerprint density at radius 2 is 2.09 bits per heavy atom. The van der Waals surface area contributed by atoms with E-state index in [2.05, 4.69) is 0 Å². The number of nitrogens with one attached hydrogen (secondary N) is 1. The fourth-order valence-electron chi connectivity index (χ4n) is 2.47. The van der Waals surface area contributed by atoms with E-state index >= 15 is 0 Å². The second-order valence-corrected chi connectivity index (χ2v) is 6.68. The number of quaternary nitrogens is 1. The minimum absolute atomic E-state index is 0.127. The quantitative estimate of drug-likeness (QED) is 0.852. The van der Waals surface area contributed by atoms with E-state index in [9.17, 15) is 9.90 Å². The normalized spacial score (nSPS) is 15.5. The summed E-state index contributed by atoms with van der Waals surface area (Å²) in [6.45, 7) is 2.59. The monoisotopic (exact) mass is 316 g/mol. The first-order chi connectivity index (χ1) is 10.5. The molecule has 2 heterocycles. The van der Waals surface area contributed by atoms with Gasteiger partial charge in [-0.25, -0.2) is 0 Å². The number of hydrogen-bond acceptors (Lipinski definition) is 4. The van der Waals surface area contributed by atoms with Crippen LogP contribution < -0.4 is 9.64 Å². The predicted molar refractivity (Wildman–Crippen MR) is 86.6 cm³/mol. The number of carbonyl (C=O) groups is 1. The first-order valence-corrected chi connectivity index (χ1v) is 7.97. The maximum Gasteiger partial charge on any atom is 0.232 e. The summed E-state index contributed by atoms with van der Waals surface area (Å²) in [7, 11) is 3.97. The Kier molecular flexibility index (Phi) is 3.76. The summed E-state index contributed by atoms with van der Waals surface area (Å²) in [6.07, 6.45) is 1.78. The number of Topliss-reactive ketones (excluding diaryl/α,β-unsaturated/α-hetero) is 1. The van der Waals surface area contributed by atoms with Crippen molar-refractivity contribution in [2.24, 2.45) is 0 Å². The van der Waals surface area contributed by atoms with Crippen LogP contribution in [0.2, 0.25) is 0 Å². The molecule has 1 aromatic heterocycles. The van der Waals surface area contributed by atoms with Gasteiger partial charge in [0.15, 0.2) is 11.5 Å². The number of aryl methyl sites for hydroxylation is 1. The van der Waals surface area contributed by atoms with Crippen molar-refractivity contribution in [3.8, 4) is 11.5 Å². The molecule has 1 aliphatic rings. The minimum Gasteiger partial charge on any atom is -0.507 e. The van der Waals surface area contributed by atoms with Crippen LogP contribution in [-0.4, -0.2) is 25.0 Å². The number of allylic oxidation sites excluding steroid dienone is 1. The van der Waals surface area contributed by atoms with Crippen molar-refractivity contribution in [2.45, 2.75) is 13.5 Å². The van der Waals surface area contributed by atoms with Gasteiger partial charge in [-0.15, -0.1) is 11.3 Å². The molecule has 2 aromatic rings. The Bertz CT molecular complexity index is 774. The molecule has 5 heteroatoms. The molecule has 1 aromatic carbocycles. The smallest absolute Gasteiger partial charge is 0.232 e. The number of ketones is 1. The summed E-state index contributed by atoms with van der Waals surface area (Å²) in [5, 5.41) is 12.1. The SMILES string of the molecule is Cc1ccsc1/C=C1/Oc2c(ccc(O)c2C[NH+](C)C)C1=O. The van der Waals surface area contributed by atoms with Gasteiger partial charge < -0.3 is 14.7 Å². The molecule has 0 unspecified atom stereocenters. The molecule has 2 N–H and O–H groups in total. The van der Waals surface area contributed by atoms with Crippen molar-refractivity contribution in [3.63, 3.8) is 0 Å². The van der Waals surface area contributed by atoms with Crippen molar-refractivity contribution >= 4 is 23.2 Å². The number of fused-ring (bicyclic) bond motifs is 1. The van der Waals surface area contributed by atoms with Crippen LogP contribution in [0, 0.1) is 6.92 Å². The van der Waals surface area contributed by atoms with Gasteiger partial charge in [-0.05, 0) is 36.1 Å². The van der Waals surface area contributed by atoms with E-state index in [0.29, 0.717) is 29.2 Å². The van der Waals surface area contributed by atoms with Crippen LogP contribution in [-0.2, 0) is 6.54 Å². The predicted octanol–water partition coefficient (Wildman–Crippen LogP) is 2.02. The third-order valence-electron chi connectivity index (χ3n) is 3.61. The van der Waals surface area contributed by atoms with Gasteiger partial charge in [0, 0.05) is 11.0 Å². The molecular weight excluding hydrogens is 298 g/mol. The van der Waals surface area contributed by atoms with Gasteiger partial charge in [0.1, 0.15) is 12.3 Å². The average molecular weight is 316 g/mol. The molecule has 0 saturated heterocycles. The summed E-state index contributed by atoms with van der Waals surface area (Å²) in [5.74, 6) is 0.854. The van der Waals surface area contributed by atoms with Crippen molar-refractivity contribution in [3.05, 3.63) is 50.9 Å². The third kappa shape index (κ3) is 2.53. The minimum atomic E-state index is -0.127. The molecule has 0 radical (unpaired) electrons. The maximum atomic E-state index is 12.5. The highest BCUT2D eigenvalue weighted by Crippen LogP contribution is 2.39. The molecule has 0 saturated carbocycles. The standard InChI is InChI=1S/C17H17NO3S/c1-10-6-7-22-15(10)8-14-16(20)11-4-5-13(19)12(9-18(2)3)17(11)21-14/h4-8,19H,9H2,1-3H3/p+1/b14-8+. The van der Waals surface area contributed by atoms with Crippen LogP contribution in [0.5, 0.6) is 11.5 Å². The number of phenolic OH excluding ortho intramolecular Hbond substituents is 1. The lowest BCUT2D eigenvalue weighted by Crippen LogP contribution is -3.04.